The van der Waals surface area contributed by atoms with Crippen molar-refractivity contribution < 1.29 is 0 Å². The molecule has 0 N–H and O–H groups in total. The summed E-state index contributed by atoms with van der Waals surface area (Å²) in [6, 6.07) is 26.0. The Hall–Kier alpha value is -4.05. The molecule has 5 heterocycles. The number of pyridine rings is 2. The van der Waals surface area contributed by atoms with Gasteiger partial charge in [0, 0.05) is 52.3 Å². The number of rotatable bonds is 2. The standard InChI is InChI=1S/C31H26N4/c1-19-29-22-16-20(25-8-4-6-14-32-25)10-12-27(22)35-28-13-11-21(26-9-5-7-15-33-26)17-23(28)31(2,3)24(18-34-29)30(19)35/h4-19,30H,1-3H3. The minimum atomic E-state index is -0.129. The van der Waals surface area contributed by atoms with E-state index in [2.05, 4.69) is 90.4 Å². The summed E-state index contributed by atoms with van der Waals surface area (Å²) in [5, 5.41) is 0. The molecule has 0 saturated carbocycles. The smallest absolute Gasteiger partial charge is 0.0702 e. The fraction of sp³-hybridized carbons (Fsp3) is 0.194. The van der Waals surface area contributed by atoms with Gasteiger partial charge >= 0.3 is 0 Å². The lowest BCUT2D eigenvalue weighted by Crippen LogP contribution is -2.54. The molecule has 0 amide bonds. The van der Waals surface area contributed by atoms with Crippen LogP contribution in [0, 0.1) is 5.92 Å². The van der Waals surface area contributed by atoms with Crippen molar-refractivity contribution in [3.8, 4) is 22.5 Å². The van der Waals surface area contributed by atoms with Gasteiger partial charge in [-0.1, -0.05) is 45.0 Å². The van der Waals surface area contributed by atoms with E-state index in [4.69, 9.17) is 4.99 Å². The minimum Gasteiger partial charge on any atom is -0.333 e. The van der Waals surface area contributed by atoms with Gasteiger partial charge in [0.05, 0.1) is 28.8 Å². The highest BCUT2D eigenvalue weighted by Crippen LogP contribution is 2.55. The molecule has 0 radical (unpaired) electrons. The zero-order chi connectivity index (χ0) is 23.7. The highest BCUT2D eigenvalue weighted by atomic mass is 15.2. The quantitative estimate of drug-likeness (QED) is 0.329. The molecule has 0 spiro atoms. The van der Waals surface area contributed by atoms with Crippen molar-refractivity contribution in [1.82, 2.24) is 9.97 Å². The predicted octanol–water partition coefficient (Wildman–Crippen LogP) is 6.94. The van der Waals surface area contributed by atoms with E-state index in [9.17, 15) is 0 Å². The van der Waals surface area contributed by atoms with Crippen LogP contribution in [0.4, 0.5) is 11.4 Å². The first-order chi connectivity index (χ1) is 17.0. The molecule has 4 nitrogen and oxygen atoms in total. The summed E-state index contributed by atoms with van der Waals surface area (Å²) in [7, 11) is 0. The molecule has 2 atom stereocenters. The first kappa shape index (κ1) is 20.3. The van der Waals surface area contributed by atoms with E-state index in [0.717, 1.165) is 22.5 Å². The van der Waals surface area contributed by atoms with E-state index >= 15 is 0 Å². The third kappa shape index (κ3) is 2.83. The molecule has 3 aliphatic heterocycles. The van der Waals surface area contributed by atoms with Crippen LogP contribution in [-0.2, 0) is 5.41 Å². The number of anilines is 2. The largest absolute Gasteiger partial charge is 0.333 e. The van der Waals surface area contributed by atoms with Gasteiger partial charge in [-0.2, -0.15) is 0 Å². The molecule has 4 aromatic rings. The molecule has 4 heteroatoms. The molecule has 2 unspecified atom stereocenters. The van der Waals surface area contributed by atoms with Crippen LogP contribution >= 0.6 is 0 Å². The SMILES string of the molecule is CC1C2=NC=C3C1N(c1ccc(-c4ccccn4)cc12)c1ccc(-c2ccccn2)cc1C3(C)C. The Labute approximate surface area is 205 Å². The monoisotopic (exact) mass is 454 g/mol. The second-order valence-corrected chi connectivity index (χ2v) is 10.2. The van der Waals surface area contributed by atoms with Crippen molar-refractivity contribution in [2.75, 3.05) is 4.90 Å². The number of aromatic nitrogens is 2. The Balaban J connectivity index is 1.46. The normalized spacial score (nSPS) is 20.9. The van der Waals surface area contributed by atoms with Crippen LogP contribution < -0.4 is 4.90 Å². The Morgan fingerprint density at radius 1 is 0.771 bits per heavy atom. The predicted molar refractivity (Wildman–Crippen MR) is 142 cm³/mol. The van der Waals surface area contributed by atoms with Crippen LogP contribution in [0.25, 0.3) is 22.5 Å². The first-order valence-corrected chi connectivity index (χ1v) is 12.2. The minimum absolute atomic E-state index is 0.129. The summed E-state index contributed by atoms with van der Waals surface area (Å²) in [5.74, 6) is 0.296. The zero-order valence-corrected chi connectivity index (χ0v) is 20.1. The van der Waals surface area contributed by atoms with E-state index in [0.29, 0.717) is 5.92 Å². The molecule has 2 aromatic carbocycles. The second kappa shape index (κ2) is 7.22. The van der Waals surface area contributed by atoms with Crippen molar-refractivity contribution in [3.63, 3.8) is 0 Å². The molecule has 0 aliphatic carbocycles. The van der Waals surface area contributed by atoms with Crippen molar-refractivity contribution >= 4 is 17.1 Å². The molecule has 3 aliphatic rings. The highest BCUT2D eigenvalue weighted by molar-refractivity contribution is 6.12. The number of nitrogens with zero attached hydrogens (tertiary/aromatic N) is 4. The Bertz CT molecular complexity index is 1530. The van der Waals surface area contributed by atoms with Crippen molar-refractivity contribution in [2.24, 2.45) is 10.9 Å². The highest BCUT2D eigenvalue weighted by Gasteiger charge is 2.50. The van der Waals surface area contributed by atoms with Gasteiger partial charge < -0.3 is 4.90 Å². The van der Waals surface area contributed by atoms with Crippen LogP contribution in [0.15, 0.2) is 102 Å². The summed E-state index contributed by atoms with van der Waals surface area (Å²) < 4.78 is 0. The topological polar surface area (TPSA) is 41.4 Å². The second-order valence-electron chi connectivity index (χ2n) is 10.2. The summed E-state index contributed by atoms with van der Waals surface area (Å²) in [4.78, 5) is 16.8. The maximum absolute atomic E-state index is 5.07. The summed E-state index contributed by atoms with van der Waals surface area (Å²) >= 11 is 0. The third-order valence-corrected chi connectivity index (χ3v) is 7.95. The number of hydrogen-bond acceptors (Lipinski definition) is 4. The van der Waals surface area contributed by atoms with Crippen LogP contribution in [0.2, 0.25) is 0 Å². The van der Waals surface area contributed by atoms with Gasteiger partial charge in [-0.3, -0.25) is 15.0 Å². The fourth-order valence-corrected chi connectivity index (χ4v) is 6.13. The van der Waals surface area contributed by atoms with E-state index in [1.54, 1.807) is 0 Å². The summed E-state index contributed by atoms with van der Waals surface area (Å²) in [6.07, 6.45) is 5.85. The fourth-order valence-electron chi connectivity index (χ4n) is 6.13. The molecule has 170 valence electrons. The van der Waals surface area contributed by atoms with E-state index in [-0.39, 0.29) is 11.5 Å². The number of benzene rings is 2. The van der Waals surface area contributed by atoms with Gasteiger partial charge in [0.2, 0.25) is 0 Å². The van der Waals surface area contributed by atoms with Gasteiger partial charge in [-0.05, 0) is 59.7 Å². The van der Waals surface area contributed by atoms with Gasteiger partial charge in [0.15, 0.2) is 0 Å². The maximum Gasteiger partial charge on any atom is 0.0702 e. The van der Waals surface area contributed by atoms with Crippen LogP contribution in [0.1, 0.15) is 31.9 Å². The molecule has 0 saturated heterocycles. The summed E-state index contributed by atoms with van der Waals surface area (Å²) in [5.41, 5.74) is 11.7. The first-order valence-electron chi connectivity index (χ1n) is 12.2. The maximum atomic E-state index is 5.07. The summed E-state index contributed by atoms with van der Waals surface area (Å²) in [6.45, 7) is 7.00. The van der Waals surface area contributed by atoms with Crippen LogP contribution in [-0.4, -0.2) is 21.7 Å². The molecule has 35 heavy (non-hydrogen) atoms. The van der Waals surface area contributed by atoms with Gasteiger partial charge in [-0.25, -0.2) is 0 Å². The lowest BCUT2D eigenvalue weighted by atomic mass is 9.64. The van der Waals surface area contributed by atoms with E-state index in [1.807, 2.05) is 36.7 Å². The van der Waals surface area contributed by atoms with E-state index < -0.39 is 0 Å². The Morgan fingerprint density at radius 2 is 1.43 bits per heavy atom. The van der Waals surface area contributed by atoms with Crippen LogP contribution in [0.5, 0.6) is 0 Å². The lowest BCUT2D eigenvalue weighted by molar-refractivity contribution is 0.470. The average Bonchev–Trinajstić information content (AvgIpc) is 2.89. The third-order valence-electron chi connectivity index (χ3n) is 7.95. The van der Waals surface area contributed by atoms with Crippen molar-refractivity contribution in [3.05, 3.63) is 108 Å². The Kier molecular flexibility index (Phi) is 4.20. The molecular formula is C31H26N4. The van der Waals surface area contributed by atoms with Crippen molar-refractivity contribution in [2.45, 2.75) is 32.2 Å². The van der Waals surface area contributed by atoms with Gasteiger partial charge in [0.1, 0.15) is 0 Å². The molecule has 2 bridgehead atoms. The number of aliphatic imine (C=N–C) groups is 1. The lowest BCUT2D eigenvalue weighted by Gasteiger charge is -2.54. The van der Waals surface area contributed by atoms with Crippen molar-refractivity contribution in [1.29, 1.82) is 0 Å². The van der Waals surface area contributed by atoms with Crippen LogP contribution in [0.3, 0.4) is 0 Å². The van der Waals surface area contributed by atoms with E-state index in [1.165, 1.54) is 33.8 Å². The Morgan fingerprint density at radius 3 is 2.09 bits per heavy atom. The molecule has 0 fully saturated rings. The number of fused-ring (bicyclic) bond motifs is 6. The van der Waals surface area contributed by atoms with Gasteiger partial charge in [-0.15, -0.1) is 0 Å². The zero-order valence-electron chi connectivity index (χ0n) is 20.1. The van der Waals surface area contributed by atoms with Gasteiger partial charge in [0.25, 0.3) is 0 Å². The average molecular weight is 455 g/mol. The number of hydrogen-bond donors (Lipinski definition) is 0. The molecule has 2 aromatic heterocycles. The molecule has 7 rings (SSSR count). The molecular weight excluding hydrogens is 428 g/mol.